The van der Waals surface area contributed by atoms with Crippen molar-refractivity contribution in [3.8, 4) is 5.75 Å². The highest BCUT2D eigenvalue weighted by Crippen LogP contribution is 2.23. The highest BCUT2D eigenvalue weighted by atomic mass is 32.2. The van der Waals surface area contributed by atoms with E-state index >= 15 is 0 Å². The molecule has 19 heavy (non-hydrogen) atoms. The normalized spacial score (nSPS) is 11.5. The van der Waals surface area contributed by atoms with E-state index in [9.17, 15) is 12.8 Å². The Labute approximate surface area is 110 Å². The van der Waals surface area contributed by atoms with E-state index in [1.807, 2.05) is 0 Å². The van der Waals surface area contributed by atoms with Crippen LogP contribution in [-0.4, -0.2) is 24.0 Å². The molecule has 0 spiro atoms. The average molecular weight is 284 g/mol. The highest BCUT2D eigenvalue weighted by Gasteiger charge is 2.19. The molecule has 0 N–H and O–H groups in total. The Balaban J connectivity index is 2.49. The van der Waals surface area contributed by atoms with Crippen molar-refractivity contribution in [1.29, 1.82) is 0 Å². The van der Waals surface area contributed by atoms with Crippen molar-refractivity contribution in [2.45, 2.75) is 18.7 Å². The monoisotopic (exact) mass is 284 g/mol. The van der Waals surface area contributed by atoms with Crippen LogP contribution in [0.25, 0.3) is 0 Å². The largest absolute Gasteiger partial charge is 0.491 e. The molecule has 0 amide bonds. The van der Waals surface area contributed by atoms with Crippen LogP contribution in [0.3, 0.4) is 0 Å². The van der Waals surface area contributed by atoms with Crippen molar-refractivity contribution < 1.29 is 17.5 Å². The van der Waals surface area contributed by atoms with Gasteiger partial charge >= 0.3 is 0 Å². The van der Waals surface area contributed by atoms with Gasteiger partial charge in [0.15, 0.2) is 11.6 Å². The van der Waals surface area contributed by atoms with Crippen LogP contribution in [0.4, 0.5) is 4.39 Å². The first kappa shape index (κ1) is 13.5. The van der Waals surface area contributed by atoms with Gasteiger partial charge in [-0.1, -0.05) is 0 Å². The first-order valence-electron chi connectivity index (χ1n) is 5.63. The average Bonchev–Trinajstić information content (AvgIpc) is 2.79. The molecule has 0 aliphatic carbocycles. The van der Waals surface area contributed by atoms with E-state index in [2.05, 4.69) is 4.98 Å². The molecule has 0 aliphatic rings. The third kappa shape index (κ3) is 2.60. The number of rotatable bonds is 4. The lowest BCUT2D eigenvalue weighted by molar-refractivity contribution is 0.320. The summed E-state index contributed by atoms with van der Waals surface area (Å²) in [7, 11) is -3.77. The molecule has 0 unspecified atom stereocenters. The summed E-state index contributed by atoms with van der Waals surface area (Å²) in [5.41, 5.74) is 0.579. The number of nitrogens with zero attached hydrogens (tertiary/aromatic N) is 2. The van der Waals surface area contributed by atoms with Gasteiger partial charge in [0.1, 0.15) is 6.33 Å². The van der Waals surface area contributed by atoms with Gasteiger partial charge in [0.25, 0.3) is 10.0 Å². The number of benzene rings is 1. The number of aryl methyl sites for hydroxylation is 1. The Hall–Kier alpha value is -1.89. The minimum atomic E-state index is -3.77. The smallest absolute Gasteiger partial charge is 0.269 e. The van der Waals surface area contributed by atoms with E-state index in [0.717, 1.165) is 10.0 Å². The molecule has 0 radical (unpaired) electrons. The number of halogens is 1. The van der Waals surface area contributed by atoms with Gasteiger partial charge in [-0.2, -0.15) is 0 Å². The van der Waals surface area contributed by atoms with Crippen molar-refractivity contribution >= 4 is 10.0 Å². The maximum absolute atomic E-state index is 13.4. The van der Waals surface area contributed by atoms with Crippen LogP contribution in [0, 0.1) is 12.7 Å². The number of ether oxygens (including phenoxy) is 1. The van der Waals surface area contributed by atoms with Gasteiger partial charge in [-0.25, -0.2) is 21.8 Å². The van der Waals surface area contributed by atoms with E-state index in [-0.39, 0.29) is 17.3 Å². The van der Waals surface area contributed by atoms with Crippen LogP contribution in [0.2, 0.25) is 0 Å². The first-order valence-corrected chi connectivity index (χ1v) is 7.07. The Morgan fingerprint density at radius 3 is 2.74 bits per heavy atom. The van der Waals surface area contributed by atoms with Gasteiger partial charge < -0.3 is 4.74 Å². The fourth-order valence-corrected chi connectivity index (χ4v) is 2.76. The minimum Gasteiger partial charge on any atom is -0.491 e. The molecule has 0 saturated carbocycles. The molecule has 1 aromatic carbocycles. The van der Waals surface area contributed by atoms with Crippen molar-refractivity contribution in [2.24, 2.45) is 0 Å². The number of aromatic nitrogens is 2. The molecular weight excluding hydrogens is 271 g/mol. The Bertz CT molecular complexity index is 695. The maximum atomic E-state index is 13.4. The first-order chi connectivity index (χ1) is 8.95. The van der Waals surface area contributed by atoms with E-state index in [0.29, 0.717) is 5.69 Å². The van der Waals surface area contributed by atoms with Crippen LogP contribution in [0.15, 0.2) is 35.6 Å². The van der Waals surface area contributed by atoms with Crippen molar-refractivity contribution in [3.05, 3.63) is 42.2 Å². The number of imidazole rings is 1. The van der Waals surface area contributed by atoms with E-state index in [1.54, 1.807) is 13.8 Å². The third-order valence-corrected chi connectivity index (χ3v) is 4.07. The van der Waals surface area contributed by atoms with Crippen molar-refractivity contribution in [1.82, 2.24) is 8.96 Å². The topological polar surface area (TPSA) is 61.2 Å². The number of hydrogen-bond acceptors (Lipinski definition) is 4. The predicted molar refractivity (Wildman–Crippen MR) is 67.1 cm³/mol. The van der Waals surface area contributed by atoms with Crippen molar-refractivity contribution in [3.63, 3.8) is 0 Å². The molecule has 0 fully saturated rings. The van der Waals surface area contributed by atoms with Gasteiger partial charge in [-0.3, -0.25) is 0 Å². The molecule has 2 aromatic rings. The summed E-state index contributed by atoms with van der Waals surface area (Å²) in [5, 5.41) is 0. The van der Waals surface area contributed by atoms with Crippen LogP contribution in [-0.2, 0) is 10.0 Å². The summed E-state index contributed by atoms with van der Waals surface area (Å²) in [4.78, 5) is 3.82. The molecule has 0 saturated heterocycles. The second-order valence-corrected chi connectivity index (χ2v) is 5.72. The lowest BCUT2D eigenvalue weighted by atomic mass is 10.3. The molecule has 0 aliphatic heterocycles. The van der Waals surface area contributed by atoms with Gasteiger partial charge in [0.05, 0.1) is 17.2 Å². The van der Waals surface area contributed by atoms with Gasteiger partial charge in [-0.05, 0) is 26.0 Å². The summed E-state index contributed by atoms with van der Waals surface area (Å²) < 4.78 is 44.0. The molecule has 0 bridgehead atoms. The Morgan fingerprint density at radius 1 is 1.42 bits per heavy atom. The summed E-state index contributed by atoms with van der Waals surface area (Å²) >= 11 is 0. The predicted octanol–water partition coefficient (Wildman–Crippen LogP) is 1.97. The quantitative estimate of drug-likeness (QED) is 0.861. The van der Waals surface area contributed by atoms with Crippen LogP contribution >= 0.6 is 0 Å². The zero-order valence-electron chi connectivity index (χ0n) is 10.5. The summed E-state index contributed by atoms with van der Waals surface area (Å²) in [6.45, 7) is 3.63. The van der Waals surface area contributed by atoms with E-state index in [4.69, 9.17) is 4.74 Å². The van der Waals surface area contributed by atoms with Gasteiger partial charge in [0, 0.05) is 12.3 Å². The van der Waals surface area contributed by atoms with Crippen LogP contribution < -0.4 is 4.74 Å². The standard InChI is InChI=1S/C12H13FN2O3S/c1-3-18-12-6-10(4-5-11(12)13)19(16,17)15-7-9(2)14-8-15/h4-8H,3H2,1-2H3. The zero-order valence-corrected chi connectivity index (χ0v) is 11.3. The zero-order chi connectivity index (χ0) is 14.0. The second-order valence-electron chi connectivity index (χ2n) is 3.88. The molecule has 7 heteroatoms. The highest BCUT2D eigenvalue weighted by molar-refractivity contribution is 7.90. The maximum Gasteiger partial charge on any atom is 0.269 e. The second kappa shape index (κ2) is 5.00. The van der Waals surface area contributed by atoms with Gasteiger partial charge in [-0.15, -0.1) is 0 Å². The SMILES string of the molecule is CCOc1cc(S(=O)(=O)n2cnc(C)c2)ccc1F. The molecule has 2 rings (SSSR count). The molecule has 1 aromatic heterocycles. The molecule has 102 valence electrons. The molecule has 1 heterocycles. The minimum absolute atomic E-state index is 0.0465. The van der Waals surface area contributed by atoms with E-state index in [1.165, 1.54) is 24.7 Å². The van der Waals surface area contributed by atoms with Crippen LogP contribution in [0.1, 0.15) is 12.6 Å². The molecule has 0 atom stereocenters. The fraction of sp³-hybridized carbons (Fsp3) is 0.250. The fourth-order valence-electron chi connectivity index (χ4n) is 1.56. The van der Waals surface area contributed by atoms with Crippen LogP contribution in [0.5, 0.6) is 5.75 Å². The molecular formula is C12H13FN2O3S. The number of hydrogen-bond donors (Lipinski definition) is 0. The van der Waals surface area contributed by atoms with Crippen molar-refractivity contribution in [2.75, 3.05) is 6.61 Å². The molecule has 5 nitrogen and oxygen atoms in total. The summed E-state index contributed by atoms with van der Waals surface area (Å²) in [6, 6.07) is 3.44. The van der Waals surface area contributed by atoms with Gasteiger partial charge in [0.2, 0.25) is 0 Å². The lowest BCUT2D eigenvalue weighted by Crippen LogP contribution is -2.11. The van der Waals surface area contributed by atoms with E-state index < -0.39 is 15.8 Å². The third-order valence-electron chi connectivity index (χ3n) is 2.47. The summed E-state index contributed by atoms with van der Waals surface area (Å²) in [5.74, 6) is -0.678. The summed E-state index contributed by atoms with van der Waals surface area (Å²) in [6.07, 6.45) is 2.59. The Morgan fingerprint density at radius 2 is 2.16 bits per heavy atom. The lowest BCUT2D eigenvalue weighted by Gasteiger charge is -2.08. The Kier molecular flexibility index (Phi) is 3.57.